The van der Waals surface area contributed by atoms with Gasteiger partial charge in [-0.05, 0) is 72.6 Å². The number of aryl methyl sites for hydroxylation is 1. The van der Waals surface area contributed by atoms with E-state index in [2.05, 4.69) is 17.6 Å². The predicted octanol–water partition coefficient (Wildman–Crippen LogP) is 4.53. The van der Waals surface area contributed by atoms with Gasteiger partial charge >= 0.3 is 0 Å². The molecule has 6 heteroatoms. The number of rotatable bonds is 8. The molecule has 3 rings (SSSR count). The Morgan fingerprint density at radius 2 is 1.33 bits per heavy atom. The zero-order valence-electron chi connectivity index (χ0n) is 17.0. The smallest absolute Gasteiger partial charge is 0.262 e. The molecule has 0 aliphatic carbocycles. The molecule has 0 radical (unpaired) electrons. The van der Waals surface area contributed by atoms with Crippen LogP contribution in [0.5, 0.6) is 11.5 Å². The fraction of sp³-hybridized carbons (Fsp3) is 0.167. The monoisotopic (exact) mass is 404 g/mol. The Morgan fingerprint density at radius 1 is 0.767 bits per heavy atom. The van der Waals surface area contributed by atoms with Gasteiger partial charge in [0.2, 0.25) is 0 Å². The van der Waals surface area contributed by atoms with Crippen molar-refractivity contribution in [1.29, 1.82) is 0 Å². The lowest BCUT2D eigenvalue weighted by atomic mass is 10.2. The first-order chi connectivity index (χ1) is 14.6. The van der Waals surface area contributed by atoms with Gasteiger partial charge in [-0.15, -0.1) is 0 Å². The average molecular weight is 404 g/mol. The van der Waals surface area contributed by atoms with Gasteiger partial charge in [0, 0.05) is 16.9 Å². The van der Waals surface area contributed by atoms with Crippen LogP contribution in [0.3, 0.4) is 0 Å². The number of hydrogen-bond acceptors (Lipinski definition) is 4. The van der Waals surface area contributed by atoms with Crippen molar-refractivity contribution in [2.24, 2.45) is 0 Å². The second-order valence-electron chi connectivity index (χ2n) is 6.59. The summed E-state index contributed by atoms with van der Waals surface area (Å²) in [5, 5.41) is 5.57. The highest BCUT2D eigenvalue weighted by molar-refractivity contribution is 6.04. The van der Waals surface area contributed by atoms with Crippen LogP contribution >= 0.6 is 0 Å². The van der Waals surface area contributed by atoms with E-state index in [4.69, 9.17) is 9.47 Å². The first kappa shape index (κ1) is 20.9. The van der Waals surface area contributed by atoms with Crippen LogP contribution in [0.1, 0.15) is 22.8 Å². The lowest BCUT2D eigenvalue weighted by Gasteiger charge is -2.09. The van der Waals surface area contributed by atoms with Gasteiger partial charge in [-0.3, -0.25) is 9.59 Å². The third-order valence-electron chi connectivity index (χ3n) is 4.48. The summed E-state index contributed by atoms with van der Waals surface area (Å²) in [6.07, 6.45) is 0.953. The first-order valence-corrected chi connectivity index (χ1v) is 9.64. The summed E-state index contributed by atoms with van der Waals surface area (Å²) in [5.41, 5.74) is 2.95. The molecule has 0 spiro atoms. The van der Waals surface area contributed by atoms with E-state index in [0.717, 1.165) is 12.2 Å². The van der Waals surface area contributed by atoms with Crippen LogP contribution in [0, 0.1) is 0 Å². The van der Waals surface area contributed by atoms with Crippen LogP contribution < -0.4 is 20.1 Å². The molecule has 0 saturated heterocycles. The van der Waals surface area contributed by atoms with Crippen molar-refractivity contribution >= 4 is 23.2 Å². The van der Waals surface area contributed by atoms with Crippen molar-refractivity contribution in [3.05, 3.63) is 83.9 Å². The van der Waals surface area contributed by atoms with Gasteiger partial charge in [-0.25, -0.2) is 0 Å². The molecular formula is C24H24N2O4. The van der Waals surface area contributed by atoms with Crippen molar-refractivity contribution in [2.45, 2.75) is 13.3 Å². The van der Waals surface area contributed by atoms with Crippen LogP contribution in [0.15, 0.2) is 72.8 Å². The second-order valence-corrected chi connectivity index (χ2v) is 6.59. The molecule has 6 nitrogen and oxygen atoms in total. The number of methoxy groups -OCH3 is 1. The highest BCUT2D eigenvalue weighted by Gasteiger charge is 2.08. The molecule has 154 valence electrons. The fourth-order valence-electron chi connectivity index (χ4n) is 2.75. The minimum atomic E-state index is -0.273. The lowest BCUT2D eigenvalue weighted by Crippen LogP contribution is -2.20. The Kier molecular flexibility index (Phi) is 7.05. The van der Waals surface area contributed by atoms with Crippen molar-refractivity contribution in [1.82, 2.24) is 0 Å². The van der Waals surface area contributed by atoms with Crippen LogP contribution in [-0.2, 0) is 11.2 Å². The Morgan fingerprint density at radius 3 is 1.93 bits per heavy atom. The SMILES string of the molecule is CCc1ccc(OCC(=O)Nc2ccc(C(=O)Nc3ccc(OC)cc3)cc2)cc1. The lowest BCUT2D eigenvalue weighted by molar-refractivity contribution is -0.118. The first-order valence-electron chi connectivity index (χ1n) is 9.64. The third-order valence-corrected chi connectivity index (χ3v) is 4.48. The maximum atomic E-state index is 12.4. The molecule has 30 heavy (non-hydrogen) atoms. The summed E-state index contributed by atoms with van der Waals surface area (Å²) in [6.45, 7) is 1.99. The molecule has 3 aromatic carbocycles. The Balaban J connectivity index is 1.50. The summed E-state index contributed by atoms with van der Waals surface area (Å²) in [6, 6.07) is 21.4. The van der Waals surface area contributed by atoms with E-state index in [0.29, 0.717) is 22.7 Å². The quantitative estimate of drug-likeness (QED) is 0.578. The number of benzene rings is 3. The van der Waals surface area contributed by atoms with Crippen LogP contribution in [0.2, 0.25) is 0 Å². The highest BCUT2D eigenvalue weighted by atomic mass is 16.5. The molecule has 0 aromatic heterocycles. The van der Waals surface area contributed by atoms with E-state index in [1.165, 1.54) is 5.56 Å². The molecule has 0 fully saturated rings. The van der Waals surface area contributed by atoms with E-state index in [-0.39, 0.29) is 18.4 Å². The topological polar surface area (TPSA) is 76.7 Å². The summed E-state index contributed by atoms with van der Waals surface area (Å²) < 4.78 is 10.6. The molecule has 0 saturated carbocycles. The number of nitrogens with one attached hydrogen (secondary N) is 2. The van der Waals surface area contributed by atoms with Gasteiger partial charge in [0.1, 0.15) is 11.5 Å². The number of carbonyl (C=O) groups is 2. The summed E-state index contributed by atoms with van der Waals surface area (Å²) >= 11 is 0. The maximum absolute atomic E-state index is 12.4. The standard InChI is InChI=1S/C24H24N2O4/c1-3-17-4-12-22(13-5-17)30-16-23(27)25-19-8-6-18(7-9-19)24(28)26-20-10-14-21(29-2)15-11-20/h4-15H,3,16H2,1-2H3,(H,25,27)(H,26,28). The molecule has 3 aromatic rings. The van der Waals surface area contributed by atoms with E-state index < -0.39 is 0 Å². The molecule has 2 N–H and O–H groups in total. The van der Waals surface area contributed by atoms with Crippen LogP contribution in [0.25, 0.3) is 0 Å². The van der Waals surface area contributed by atoms with E-state index in [1.54, 1.807) is 55.6 Å². The van der Waals surface area contributed by atoms with Gasteiger partial charge in [0.15, 0.2) is 6.61 Å². The van der Waals surface area contributed by atoms with E-state index in [1.807, 2.05) is 24.3 Å². The second kappa shape index (κ2) is 10.1. The number of carbonyl (C=O) groups excluding carboxylic acids is 2. The molecule has 0 bridgehead atoms. The summed E-state index contributed by atoms with van der Waals surface area (Å²) in [4.78, 5) is 24.5. The highest BCUT2D eigenvalue weighted by Crippen LogP contribution is 2.17. The maximum Gasteiger partial charge on any atom is 0.262 e. The van der Waals surface area contributed by atoms with Crippen molar-refractivity contribution < 1.29 is 19.1 Å². The van der Waals surface area contributed by atoms with Gasteiger partial charge < -0.3 is 20.1 Å². The van der Waals surface area contributed by atoms with Crippen molar-refractivity contribution in [2.75, 3.05) is 24.4 Å². The van der Waals surface area contributed by atoms with Gasteiger partial charge in [-0.2, -0.15) is 0 Å². The van der Waals surface area contributed by atoms with Gasteiger partial charge in [-0.1, -0.05) is 19.1 Å². The van der Waals surface area contributed by atoms with E-state index >= 15 is 0 Å². The van der Waals surface area contributed by atoms with E-state index in [9.17, 15) is 9.59 Å². The molecule has 2 amide bonds. The minimum Gasteiger partial charge on any atom is -0.497 e. The zero-order chi connectivity index (χ0) is 21.3. The Bertz CT molecular complexity index is 981. The van der Waals surface area contributed by atoms with Crippen LogP contribution in [0.4, 0.5) is 11.4 Å². The molecule has 0 unspecified atom stereocenters. The Hall–Kier alpha value is -3.80. The molecule has 0 atom stereocenters. The summed E-state index contributed by atoms with van der Waals surface area (Å²) in [5.74, 6) is 0.852. The third kappa shape index (κ3) is 5.85. The normalized spacial score (nSPS) is 10.2. The molecular weight excluding hydrogens is 380 g/mol. The van der Waals surface area contributed by atoms with Gasteiger partial charge in [0.25, 0.3) is 11.8 Å². The Labute approximate surface area is 175 Å². The molecule has 0 heterocycles. The molecule has 0 aliphatic rings. The van der Waals surface area contributed by atoms with Crippen molar-refractivity contribution in [3.63, 3.8) is 0 Å². The number of hydrogen-bond donors (Lipinski definition) is 2. The van der Waals surface area contributed by atoms with Crippen molar-refractivity contribution in [3.8, 4) is 11.5 Å². The fourth-order valence-corrected chi connectivity index (χ4v) is 2.75. The number of ether oxygens (including phenoxy) is 2. The number of anilines is 2. The summed E-state index contributed by atoms with van der Waals surface area (Å²) in [7, 11) is 1.59. The zero-order valence-corrected chi connectivity index (χ0v) is 17.0. The predicted molar refractivity (Wildman–Crippen MR) is 117 cm³/mol. The number of amides is 2. The van der Waals surface area contributed by atoms with Gasteiger partial charge in [0.05, 0.1) is 7.11 Å². The van der Waals surface area contributed by atoms with Crippen LogP contribution in [-0.4, -0.2) is 25.5 Å². The molecule has 0 aliphatic heterocycles. The average Bonchev–Trinajstić information content (AvgIpc) is 2.79. The largest absolute Gasteiger partial charge is 0.497 e. The minimum absolute atomic E-state index is 0.0921.